The van der Waals surface area contributed by atoms with E-state index in [1.807, 2.05) is 0 Å². The lowest BCUT2D eigenvalue weighted by atomic mass is 9.94. The predicted molar refractivity (Wildman–Crippen MR) is 77.3 cm³/mol. The first-order chi connectivity index (χ1) is 9.08. The zero-order valence-corrected chi connectivity index (χ0v) is 12.2. The van der Waals surface area contributed by atoms with E-state index in [0.717, 1.165) is 32.1 Å². The van der Waals surface area contributed by atoms with Crippen LogP contribution in [0.25, 0.3) is 0 Å². The number of nitrogens with one attached hydrogen (secondary N) is 1. The van der Waals surface area contributed by atoms with Gasteiger partial charge in [0.15, 0.2) is 0 Å². The molecule has 2 unspecified atom stereocenters. The molecule has 1 fully saturated rings. The molecule has 3 nitrogen and oxygen atoms in total. The molecule has 1 aliphatic carbocycles. The van der Waals surface area contributed by atoms with Crippen molar-refractivity contribution in [2.24, 2.45) is 11.7 Å². The molecule has 1 amide bonds. The first-order valence-corrected chi connectivity index (χ1v) is 7.38. The monoisotopic (exact) mass is 328 g/mol. The van der Waals surface area contributed by atoms with E-state index in [9.17, 15) is 9.18 Å². The molecule has 1 aliphatic rings. The Morgan fingerprint density at radius 3 is 2.84 bits per heavy atom. The van der Waals surface area contributed by atoms with Crippen molar-refractivity contribution in [2.45, 2.75) is 38.1 Å². The van der Waals surface area contributed by atoms with E-state index in [4.69, 9.17) is 5.73 Å². The van der Waals surface area contributed by atoms with Crippen LogP contribution in [0.2, 0.25) is 0 Å². The lowest BCUT2D eigenvalue weighted by Gasteiger charge is -2.20. The zero-order chi connectivity index (χ0) is 13.8. The molecule has 3 N–H and O–H groups in total. The number of halogens is 2. The van der Waals surface area contributed by atoms with Gasteiger partial charge >= 0.3 is 0 Å². The van der Waals surface area contributed by atoms with Gasteiger partial charge in [0.25, 0.3) is 0 Å². The standard InChI is InChI=1S/C14H18BrFN2O/c15-11-7-6-9(16)8-13(11)18-14(19)10-4-2-1-3-5-12(10)17/h6-8,10,12H,1-5,17H2,(H,18,19). The lowest BCUT2D eigenvalue weighted by Crippen LogP contribution is -2.37. The number of carbonyl (C=O) groups excluding carboxylic acids is 1. The van der Waals surface area contributed by atoms with Gasteiger partial charge < -0.3 is 11.1 Å². The molecule has 0 bridgehead atoms. The second-order valence-electron chi connectivity index (χ2n) is 5.02. The summed E-state index contributed by atoms with van der Waals surface area (Å²) in [6.45, 7) is 0. The fourth-order valence-electron chi connectivity index (χ4n) is 2.48. The molecule has 2 rings (SSSR count). The highest BCUT2D eigenvalue weighted by Gasteiger charge is 2.27. The third kappa shape index (κ3) is 3.76. The van der Waals surface area contributed by atoms with Gasteiger partial charge in [0.05, 0.1) is 11.6 Å². The van der Waals surface area contributed by atoms with E-state index < -0.39 is 0 Å². The van der Waals surface area contributed by atoms with Crippen LogP contribution in [0.5, 0.6) is 0 Å². The first-order valence-electron chi connectivity index (χ1n) is 6.59. The normalized spacial score (nSPS) is 23.7. The van der Waals surface area contributed by atoms with Crippen LogP contribution in [-0.2, 0) is 4.79 Å². The molecule has 0 heterocycles. The lowest BCUT2D eigenvalue weighted by molar-refractivity contribution is -0.120. The number of amides is 1. The molecule has 1 aromatic carbocycles. The molecule has 19 heavy (non-hydrogen) atoms. The Bertz CT molecular complexity index is 467. The predicted octanol–water partition coefficient (Wildman–Crippen LogP) is 3.43. The van der Waals surface area contributed by atoms with Gasteiger partial charge in [-0.15, -0.1) is 0 Å². The van der Waals surface area contributed by atoms with Crippen LogP contribution in [0, 0.1) is 11.7 Å². The van der Waals surface area contributed by atoms with Crippen LogP contribution in [-0.4, -0.2) is 11.9 Å². The maximum absolute atomic E-state index is 13.2. The largest absolute Gasteiger partial charge is 0.327 e. The second-order valence-corrected chi connectivity index (χ2v) is 5.88. The Morgan fingerprint density at radius 1 is 1.32 bits per heavy atom. The number of hydrogen-bond acceptors (Lipinski definition) is 2. The van der Waals surface area contributed by atoms with Crippen molar-refractivity contribution < 1.29 is 9.18 Å². The van der Waals surface area contributed by atoms with E-state index in [2.05, 4.69) is 21.2 Å². The number of carbonyl (C=O) groups is 1. The summed E-state index contributed by atoms with van der Waals surface area (Å²) in [5.74, 6) is -0.665. The van der Waals surface area contributed by atoms with Gasteiger partial charge in [-0.1, -0.05) is 19.3 Å². The minimum atomic E-state index is -0.372. The fourth-order valence-corrected chi connectivity index (χ4v) is 2.83. The second kappa shape index (κ2) is 6.48. The van der Waals surface area contributed by atoms with Gasteiger partial charge in [0.1, 0.15) is 5.82 Å². The number of rotatable bonds is 2. The van der Waals surface area contributed by atoms with E-state index in [1.165, 1.54) is 12.1 Å². The van der Waals surface area contributed by atoms with Gasteiger partial charge in [0, 0.05) is 10.5 Å². The minimum Gasteiger partial charge on any atom is -0.327 e. The van der Waals surface area contributed by atoms with Crippen molar-refractivity contribution in [3.8, 4) is 0 Å². The van der Waals surface area contributed by atoms with Crippen LogP contribution in [0.4, 0.5) is 10.1 Å². The van der Waals surface area contributed by atoms with E-state index >= 15 is 0 Å². The van der Waals surface area contributed by atoms with Crippen LogP contribution in [0.15, 0.2) is 22.7 Å². The maximum atomic E-state index is 13.2. The third-order valence-corrected chi connectivity index (χ3v) is 4.28. The molecule has 2 atom stereocenters. The molecular formula is C14H18BrFN2O. The SMILES string of the molecule is NC1CCCCCC1C(=O)Nc1cc(F)ccc1Br. The highest BCUT2D eigenvalue weighted by Crippen LogP contribution is 2.27. The van der Waals surface area contributed by atoms with Crippen molar-refractivity contribution in [3.63, 3.8) is 0 Å². The van der Waals surface area contributed by atoms with Crippen LogP contribution >= 0.6 is 15.9 Å². The third-order valence-electron chi connectivity index (χ3n) is 3.59. The quantitative estimate of drug-likeness (QED) is 0.817. The molecule has 0 aromatic heterocycles. The maximum Gasteiger partial charge on any atom is 0.229 e. The van der Waals surface area contributed by atoms with Crippen molar-refractivity contribution in [1.82, 2.24) is 0 Å². The summed E-state index contributed by atoms with van der Waals surface area (Å²) in [5.41, 5.74) is 6.51. The Morgan fingerprint density at radius 2 is 2.05 bits per heavy atom. The van der Waals surface area contributed by atoms with E-state index in [-0.39, 0.29) is 23.7 Å². The summed E-state index contributed by atoms with van der Waals surface area (Å²) in [7, 11) is 0. The summed E-state index contributed by atoms with van der Waals surface area (Å²) < 4.78 is 13.9. The van der Waals surface area contributed by atoms with E-state index in [0.29, 0.717) is 10.2 Å². The summed E-state index contributed by atoms with van der Waals surface area (Å²) in [6.07, 6.45) is 4.91. The number of anilines is 1. The minimum absolute atomic E-state index is 0.102. The Hall–Kier alpha value is -0.940. The average molecular weight is 329 g/mol. The fraction of sp³-hybridized carbons (Fsp3) is 0.500. The smallest absolute Gasteiger partial charge is 0.229 e. The molecular weight excluding hydrogens is 311 g/mol. The Labute approximate surface area is 120 Å². The van der Waals surface area contributed by atoms with Gasteiger partial charge in [-0.25, -0.2) is 4.39 Å². The first kappa shape index (κ1) is 14.5. The van der Waals surface area contributed by atoms with Crippen molar-refractivity contribution >= 4 is 27.5 Å². The van der Waals surface area contributed by atoms with Gasteiger partial charge in [-0.3, -0.25) is 4.79 Å². The molecule has 0 spiro atoms. The summed E-state index contributed by atoms with van der Waals surface area (Å²) in [4.78, 5) is 12.3. The van der Waals surface area contributed by atoms with Gasteiger partial charge in [-0.05, 0) is 47.0 Å². The molecule has 5 heteroatoms. The summed E-state index contributed by atoms with van der Waals surface area (Å²) >= 11 is 3.30. The topological polar surface area (TPSA) is 55.1 Å². The van der Waals surface area contributed by atoms with Crippen molar-refractivity contribution in [1.29, 1.82) is 0 Å². The Kier molecular flexibility index (Phi) is 4.93. The molecule has 0 saturated heterocycles. The highest BCUT2D eigenvalue weighted by molar-refractivity contribution is 9.10. The average Bonchev–Trinajstić information content (AvgIpc) is 2.58. The van der Waals surface area contributed by atoms with Gasteiger partial charge in [0.2, 0.25) is 5.91 Å². The van der Waals surface area contributed by atoms with Crippen LogP contribution < -0.4 is 11.1 Å². The molecule has 0 aliphatic heterocycles. The number of nitrogens with two attached hydrogens (primary N) is 1. The molecule has 0 radical (unpaired) electrons. The summed E-state index contributed by atoms with van der Waals surface area (Å²) in [5, 5.41) is 2.77. The Balaban J connectivity index is 2.09. The van der Waals surface area contributed by atoms with Crippen molar-refractivity contribution in [3.05, 3.63) is 28.5 Å². The number of benzene rings is 1. The van der Waals surface area contributed by atoms with Crippen molar-refractivity contribution in [2.75, 3.05) is 5.32 Å². The van der Waals surface area contributed by atoms with E-state index in [1.54, 1.807) is 6.07 Å². The zero-order valence-electron chi connectivity index (χ0n) is 10.7. The molecule has 104 valence electrons. The molecule has 1 aromatic rings. The number of hydrogen-bond donors (Lipinski definition) is 2. The van der Waals surface area contributed by atoms with Crippen LogP contribution in [0.1, 0.15) is 32.1 Å². The highest BCUT2D eigenvalue weighted by atomic mass is 79.9. The van der Waals surface area contributed by atoms with Gasteiger partial charge in [-0.2, -0.15) is 0 Å². The van der Waals surface area contributed by atoms with Crippen LogP contribution in [0.3, 0.4) is 0 Å². The summed E-state index contributed by atoms with van der Waals surface area (Å²) in [6, 6.07) is 4.13. The molecule has 1 saturated carbocycles.